The molecule has 5 nitrogen and oxygen atoms in total. The minimum Gasteiger partial charge on any atom is -0.481 e. The van der Waals surface area contributed by atoms with Gasteiger partial charge in [0.05, 0.1) is 12.2 Å². The number of carboxylic acid groups (broad SMARTS) is 1. The Morgan fingerprint density at radius 2 is 2.11 bits per heavy atom. The SMILES string of the molecule is Cc1ccoc1C(=O)N1CCC2(CC1)CC2C(=O)O. The Morgan fingerprint density at radius 3 is 2.58 bits per heavy atom. The molecule has 2 fully saturated rings. The average molecular weight is 263 g/mol. The molecular weight excluding hydrogens is 246 g/mol. The minimum atomic E-state index is -0.693. The van der Waals surface area contributed by atoms with Gasteiger partial charge in [-0.1, -0.05) is 0 Å². The van der Waals surface area contributed by atoms with Gasteiger partial charge < -0.3 is 14.4 Å². The molecular formula is C14H17NO4. The van der Waals surface area contributed by atoms with Crippen molar-refractivity contribution in [1.29, 1.82) is 0 Å². The van der Waals surface area contributed by atoms with Crippen molar-refractivity contribution in [3.05, 3.63) is 23.7 Å². The lowest BCUT2D eigenvalue weighted by Gasteiger charge is -2.32. The molecule has 1 saturated carbocycles. The van der Waals surface area contributed by atoms with Crippen LogP contribution in [0.5, 0.6) is 0 Å². The van der Waals surface area contributed by atoms with Gasteiger partial charge in [-0.3, -0.25) is 9.59 Å². The summed E-state index contributed by atoms with van der Waals surface area (Å²) in [6.07, 6.45) is 3.87. The van der Waals surface area contributed by atoms with Crippen molar-refractivity contribution in [2.75, 3.05) is 13.1 Å². The normalized spacial score (nSPS) is 24.5. The minimum absolute atomic E-state index is 0.0409. The predicted molar refractivity (Wildman–Crippen MR) is 66.8 cm³/mol. The van der Waals surface area contributed by atoms with Crippen LogP contribution in [0.1, 0.15) is 35.4 Å². The van der Waals surface area contributed by atoms with E-state index in [-0.39, 0.29) is 17.2 Å². The summed E-state index contributed by atoms with van der Waals surface area (Å²) in [4.78, 5) is 25.0. The number of hydrogen-bond acceptors (Lipinski definition) is 3. The number of piperidine rings is 1. The Bertz CT molecular complexity index is 525. The lowest BCUT2D eigenvalue weighted by molar-refractivity contribution is -0.139. The van der Waals surface area contributed by atoms with Crippen LogP contribution in [0.3, 0.4) is 0 Å². The maximum atomic E-state index is 12.2. The third-order valence-electron chi connectivity index (χ3n) is 4.59. The number of aryl methyl sites for hydroxylation is 1. The highest BCUT2D eigenvalue weighted by molar-refractivity contribution is 5.93. The molecule has 1 aromatic rings. The van der Waals surface area contributed by atoms with E-state index in [0.717, 1.165) is 24.8 Å². The summed E-state index contributed by atoms with van der Waals surface area (Å²) in [5, 5.41) is 9.04. The van der Waals surface area contributed by atoms with Crippen LogP contribution in [0, 0.1) is 18.3 Å². The maximum absolute atomic E-state index is 12.2. The van der Waals surface area contributed by atoms with Gasteiger partial charge in [-0.05, 0) is 37.7 Å². The molecule has 1 aromatic heterocycles. The molecule has 0 bridgehead atoms. The van der Waals surface area contributed by atoms with Crippen LogP contribution in [0.25, 0.3) is 0 Å². The van der Waals surface area contributed by atoms with Crippen molar-refractivity contribution in [1.82, 2.24) is 4.90 Å². The fraction of sp³-hybridized carbons (Fsp3) is 0.571. The number of carbonyl (C=O) groups excluding carboxylic acids is 1. The number of aliphatic carboxylic acids is 1. The number of hydrogen-bond donors (Lipinski definition) is 1. The molecule has 102 valence electrons. The van der Waals surface area contributed by atoms with Gasteiger partial charge in [-0.25, -0.2) is 0 Å². The lowest BCUT2D eigenvalue weighted by atomic mass is 9.90. The van der Waals surface area contributed by atoms with E-state index in [1.165, 1.54) is 6.26 Å². The summed E-state index contributed by atoms with van der Waals surface area (Å²) in [5.41, 5.74) is 0.806. The summed E-state index contributed by atoms with van der Waals surface area (Å²) in [6, 6.07) is 1.78. The van der Waals surface area contributed by atoms with Gasteiger partial charge in [0.15, 0.2) is 5.76 Å². The van der Waals surface area contributed by atoms with E-state index in [0.29, 0.717) is 18.8 Å². The molecule has 2 heterocycles. The van der Waals surface area contributed by atoms with Crippen molar-refractivity contribution < 1.29 is 19.1 Å². The van der Waals surface area contributed by atoms with Crippen LogP contribution < -0.4 is 0 Å². The van der Waals surface area contributed by atoms with E-state index < -0.39 is 5.97 Å². The molecule has 1 aliphatic carbocycles. The second kappa shape index (κ2) is 4.11. The first-order chi connectivity index (χ1) is 9.03. The van der Waals surface area contributed by atoms with Gasteiger partial charge in [0.25, 0.3) is 5.91 Å². The fourth-order valence-corrected chi connectivity index (χ4v) is 3.14. The predicted octanol–water partition coefficient (Wildman–Crippen LogP) is 1.91. The molecule has 0 radical (unpaired) electrons. The zero-order valence-electron chi connectivity index (χ0n) is 10.9. The van der Waals surface area contributed by atoms with Gasteiger partial charge in [0, 0.05) is 18.7 Å². The van der Waals surface area contributed by atoms with Crippen molar-refractivity contribution in [2.45, 2.75) is 26.2 Å². The highest BCUT2D eigenvalue weighted by Crippen LogP contribution is 2.59. The first-order valence-corrected chi connectivity index (χ1v) is 6.60. The van der Waals surface area contributed by atoms with Gasteiger partial charge >= 0.3 is 5.97 Å². The molecule has 1 amide bonds. The summed E-state index contributed by atoms with van der Waals surface area (Å²) >= 11 is 0. The van der Waals surface area contributed by atoms with Crippen LogP contribution in [-0.2, 0) is 4.79 Å². The number of rotatable bonds is 2. The van der Waals surface area contributed by atoms with E-state index in [9.17, 15) is 9.59 Å². The molecule has 1 spiro atoms. The fourth-order valence-electron chi connectivity index (χ4n) is 3.14. The highest BCUT2D eigenvalue weighted by Gasteiger charge is 2.59. The number of likely N-dealkylation sites (tertiary alicyclic amines) is 1. The Balaban J connectivity index is 1.64. The van der Waals surface area contributed by atoms with E-state index in [4.69, 9.17) is 9.52 Å². The number of furan rings is 1. The lowest BCUT2D eigenvalue weighted by Crippen LogP contribution is -2.40. The first-order valence-electron chi connectivity index (χ1n) is 6.60. The van der Waals surface area contributed by atoms with Crippen LogP contribution >= 0.6 is 0 Å². The van der Waals surface area contributed by atoms with E-state index in [1.54, 1.807) is 11.0 Å². The Morgan fingerprint density at radius 1 is 1.42 bits per heavy atom. The number of carbonyl (C=O) groups is 2. The standard InChI is InChI=1S/C14H17NO4/c1-9-2-7-19-11(9)12(16)15-5-3-14(4-6-15)8-10(14)13(17)18/h2,7,10H,3-6,8H2,1H3,(H,17,18). The molecule has 3 rings (SSSR count). The zero-order chi connectivity index (χ0) is 13.6. The average Bonchev–Trinajstić information content (AvgIpc) is 2.92. The maximum Gasteiger partial charge on any atom is 0.307 e. The first kappa shape index (κ1) is 12.3. The number of amides is 1. The molecule has 1 N–H and O–H groups in total. The van der Waals surface area contributed by atoms with Crippen LogP contribution in [0.4, 0.5) is 0 Å². The summed E-state index contributed by atoms with van der Waals surface area (Å²) in [7, 11) is 0. The van der Waals surface area contributed by atoms with Crippen molar-refractivity contribution in [3.8, 4) is 0 Å². The quantitative estimate of drug-likeness (QED) is 0.884. The topological polar surface area (TPSA) is 70.8 Å². The molecule has 5 heteroatoms. The summed E-state index contributed by atoms with van der Waals surface area (Å²) < 4.78 is 5.22. The summed E-state index contributed by atoms with van der Waals surface area (Å²) in [5.74, 6) is -0.567. The second-order valence-corrected chi connectivity index (χ2v) is 5.68. The van der Waals surface area contributed by atoms with Crippen LogP contribution in [0.15, 0.2) is 16.7 Å². The number of carboxylic acids is 1. The van der Waals surface area contributed by atoms with Gasteiger partial charge in [0.2, 0.25) is 0 Å². The molecule has 1 atom stereocenters. The van der Waals surface area contributed by atoms with E-state index in [2.05, 4.69) is 0 Å². The Labute approximate surface area is 111 Å². The molecule has 0 aromatic carbocycles. The van der Waals surface area contributed by atoms with Crippen LogP contribution in [0.2, 0.25) is 0 Å². The van der Waals surface area contributed by atoms with E-state index >= 15 is 0 Å². The van der Waals surface area contributed by atoms with Crippen molar-refractivity contribution in [3.63, 3.8) is 0 Å². The van der Waals surface area contributed by atoms with Gasteiger partial charge in [0.1, 0.15) is 0 Å². The van der Waals surface area contributed by atoms with Gasteiger partial charge in [-0.2, -0.15) is 0 Å². The molecule has 1 saturated heterocycles. The summed E-state index contributed by atoms with van der Waals surface area (Å²) in [6.45, 7) is 3.11. The Hall–Kier alpha value is -1.78. The van der Waals surface area contributed by atoms with Gasteiger partial charge in [-0.15, -0.1) is 0 Å². The largest absolute Gasteiger partial charge is 0.481 e. The second-order valence-electron chi connectivity index (χ2n) is 5.68. The molecule has 19 heavy (non-hydrogen) atoms. The van der Waals surface area contributed by atoms with Crippen LogP contribution in [-0.4, -0.2) is 35.0 Å². The third kappa shape index (κ3) is 1.93. The molecule has 1 unspecified atom stereocenters. The number of nitrogens with zero attached hydrogens (tertiary/aromatic N) is 1. The molecule has 2 aliphatic rings. The third-order valence-corrected chi connectivity index (χ3v) is 4.59. The van der Waals surface area contributed by atoms with Crippen molar-refractivity contribution in [2.24, 2.45) is 11.3 Å². The monoisotopic (exact) mass is 263 g/mol. The Kier molecular flexibility index (Phi) is 2.66. The highest BCUT2D eigenvalue weighted by atomic mass is 16.4. The van der Waals surface area contributed by atoms with E-state index in [1.807, 2.05) is 6.92 Å². The molecule has 1 aliphatic heterocycles. The zero-order valence-corrected chi connectivity index (χ0v) is 10.9. The smallest absolute Gasteiger partial charge is 0.307 e. The van der Waals surface area contributed by atoms with Crippen molar-refractivity contribution >= 4 is 11.9 Å².